The lowest BCUT2D eigenvalue weighted by atomic mass is 9.92. The van der Waals surface area contributed by atoms with Crippen molar-refractivity contribution in [1.82, 2.24) is 9.80 Å². The topological polar surface area (TPSA) is 107 Å². The lowest BCUT2D eigenvalue weighted by Crippen LogP contribution is -2.44. The fourth-order valence-electron chi connectivity index (χ4n) is 5.17. The second kappa shape index (κ2) is 12.8. The molecule has 40 heavy (non-hydrogen) atoms. The van der Waals surface area contributed by atoms with Gasteiger partial charge in [-0.05, 0) is 58.1 Å². The first-order chi connectivity index (χ1) is 19.2. The highest BCUT2D eigenvalue weighted by molar-refractivity contribution is 8.16. The van der Waals surface area contributed by atoms with Crippen LogP contribution in [0.4, 0.5) is 0 Å². The predicted molar refractivity (Wildman–Crippen MR) is 152 cm³/mol. The number of hydrogen-bond acceptors (Lipinski definition) is 10. The van der Waals surface area contributed by atoms with Gasteiger partial charge in [-0.2, -0.15) is 0 Å². The Labute approximate surface area is 239 Å². The summed E-state index contributed by atoms with van der Waals surface area (Å²) in [6.45, 7) is 8.39. The third-order valence-corrected chi connectivity index (χ3v) is 7.91. The minimum atomic E-state index is -0.637. The van der Waals surface area contributed by atoms with E-state index in [0.29, 0.717) is 65.3 Å². The summed E-state index contributed by atoms with van der Waals surface area (Å²) >= 11 is 1.40. The first-order valence-corrected chi connectivity index (χ1v) is 14.4. The average molecular weight is 572 g/mol. The Morgan fingerprint density at radius 3 is 2.62 bits per heavy atom. The van der Waals surface area contributed by atoms with Crippen molar-refractivity contribution < 1.29 is 33.3 Å². The van der Waals surface area contributed by atoms with E-state index in [1.807, 2.05) is 22.4 Å². The number of thioether (sulfide) groups is 1. The number of nitrogens with zero attached hydrogens (tertiary/aromatic N) is 3. The maximum atomic E-state index is 13.5. The van der Waals surface area contributed by atoms with E-state index in [0.717, 1.165) is 6.42 Å². The van der Waals surface area contributed by atoms with E-state index in [9.17, 15) is 14.4 Å². The Morgan fingerprint density at radius 2 is 1.95 bits per heavy atom. The first-order valence-electron chi connectivity index (χ1n) is 13.5. The van der Waals surface area contributed by atoms with Crippen molar-refractivity contribution in [2.75, 3.05) is 33.9 Å². The zero-order chi connectivity index (χ0) is 29.0. The van der Waals surface area contributed by atoms with E-state index < -0.39 is 12.0 Å². The van der Waals surface area contributed by atoms with Gasteiger partial charge in [-0.25, -0.2) is 9.79 Å². The van der Waals surface area contributed by atoms with Crippen LogP contribution in [0.1, 0.15) is 58.6 Å². The van der Waals surface area contributed by atoms with Crippen LogP contribution in [0.2, 0.25) is 0 Å². The van der Waals surface area contributed by atoms with Gasteiger partial charge < -0.3 is 28.7 Å². The number of ether oxygens (including phenoxy) is 4. The Kier molecular flexibility index (Phi) is 9.44. The molecule has 1 aromatic carbocycles. The SMILES string of the molecule is CCOC(=O)C1CCCN(C(=O)CC2=CSC3=NC(C)=C(C(=O)OC(C)C)C(c4ccc(OC)cc4OC)N23)C1. The molecule has 4 rings (SSSR count). The Morgan fingerprint density at radius 1 is 1.18 bits per heavy atom. The number of benzene rings is 1. The molecule has 0 aromatic heterocycles. The molecular formula is C29H37N3O7S. The molecule has 2 unspecified atom stereocenters. The number of likely N-dealkylation sites (tertiary alicyclic amines) is 1. The summed E-state index contributed by atoms with van der Waals surface area (Å²) in [5, 5.41) is 2.56. The molecule has 0 radical (unpaired) electrons. The van der Waals surface area contributed by atoms with E-state index in [2.05, 4.69) is 0 Å². The second-order valence-corrected chi connectivity index (χ2v) is 10.9. The van der Waals surface area contributed by atoms with Crippen molar-refractivity contribution in [1.29, 1.82) is 0 Å². The maximum absolute atomic E-state index is 13.5. The highest BCUT2D eigenvalue weighted by Crippen LogP contribution is 2.47. The third-order valence-electron chi connectivity index (χ3n) is 7.02. The number of rotatable bonds is 9. The average Bonchev–Trinajstić information content (AvgIpc) is 3.33. The molecular weight excluding hydrogens is 534 g/mol. The van der Waals surface area contributed by atoms with Crippen LogP contribution < -0.4 is 9.47 Å². The molecule has 11 heteroatoms. The van der Waals surface area contributed by atoms with Crippen LogP contribution in [0.15, 0.2) is 45.6 Å². The zero-order valence-corrected chi connectivity index (χ0v) is 24.7. The second-order valence-electron chi connectivity index (χ2n) is 10.1. The molecule has 2 atom stereocenters. The Bertz CT molecular complexity index is 1260. The highest BCUT2D eigenvalue weighted by Gasteiger charge is 2.43. The van der Waals surface area contributed by atoms with Crippen LogP contribution in [-0.2, 0) is 23.9 Å². The van der Waals surface area contributed by atoms with Crippen molar-refractivity contribution in [2.45, 2.75) is 59.1 Å². The summed E-state index contributed by atoms with van der Waals surface area (Å²) in [4.78, 5) is 47.7. The van der Waals surface area contributed by atoms with Crippen LogP contribution in [0.25, 0.3) is 0 Å². The fourth-order valence-corrected chi connectivity index (χ4v) is 6.13. The summed E-state index contributed by atoms with van der Waals surface area (Å²) in [6.07, 6.45) is 1.20. The molecule has 1 amide bonds. The molecule has 1 aromatic rings. The number of piperidine rings is 1. The number of carbonyl (C=O) groups excluding carboxylic acids is 3. The molecule has 3 aliphatic rings. The number of hydrogen-bond donors (Lipinski definition) is 0. The normalized spacial score (nSPS) is 20.6. The number of carbonyl (C=O) groups is 3. The van der Waals surface area contributed by atoms with Crippen LogP contribution in [-0.4, -0.2) is 72.8 Å². The summed E-state index contributed by atoms with van der Waals surface area (Å²) in [6, 6.07) is 4.80. The van der Waals surface area contributed by atoms with Crippen LogP contribution in [0.3, 0.4) is 0 Å². The van der Waals surface area contributed by atoms with E-state index >= 15 is 0 Å². The molecule has 1 fully saturated rings. The Balaban J connectivity index is 1.67. The van der Waals surface area contributed by atoms with Crippen LogP contribution in [0, 0.1) is 5.92 Å². The largest absolute Gasteiger partial charge is 0.497 e. The molecule has 1 saturated heterocycles. The highest BCUT2D eigenvalue weighted by atomic mass is 32.2. The number of esters is 2. The van der Waals surface area contributed by atoms with Crippen molar-refractivity contribution in [3.63, 3.8) is 0 Å². The number of fused-ring (bicyclic) bond motifs is 1. The van der Waals surface area contributed by atoms with Crippen molar-refractivity contribution >= 4 is 34.8 Å². The lowest BCUT2D eigenvalue weighted by Gasteiger charge is -2.38. The van der Waals surface area contributed by atoms with Crippen molar-refractivity contribution in [2.24, 2.45) is 10.9 Å². The predicted octanol–water partition coefficient (Wildman–Crippen LogP) is 4.42. The summed E-state index contributed by atoms with van der Waals surface area (Å²) in [5.41, 5.74) is 2.34. The summed E-state index contributed by atoms with van der Waals surface area (Å²) in [5.74, 6) is -0.0173. The quantitative estimate of drug-likeness (QED) is 0.398. The minimum absolute atomic E-state index is 0.0854. The maximum Gasteiger partial charge on any atom is 0.338 e. The van der Waals surface area contributed by atoms with Gasteiger partial charge in [0.25, 0.3) is 0 Å². The van der Waals surface area contributed by atoms with Gasteiger partial charge in [0, 0.05) is 30.4 Å². The number of aliphatic imine (C=N–C) groups is 1. The van der Waals surface area contributed by atoms with Gasteiger partial charge in [-0.3, -0.25) is 9.59 Å². The lowest BCUT2D eigenvalue weighted by molar-refractivity contribution is -0.151. The monoisotopic (exact) mass is 571 g/mol. The van der Waals surface area contributed by atoms with Gasteiger partial charge in [-0.1, -0.05) is 11.8 Å². The van der Waals surface area contributed by atoms with Gasteiger partial charge >= 0.3 is 11.9 Å². The molecule has 0 aliphatic carbocycles. The van der Waals surface area contributed by atoms with E-state index in [1.165, 1.54) is 11.8 Å². The van der Waals surface area contributed by atoms with Crippen LogP contribution in [0.5, 0.6) is 11.5 Å². The molecule has 0 spiro atoms. The van der Waals surface area contributed by atoms with Crippen molar-refractivity contribution in [3.8, 4) is 11.5 Å². The third kappa shape index (κ3) is 6.14. The number of amidine groups is 1. The molecule has 3 heterocycles. The zero-order valence-electron chi connectivity index (χ0n) is 23.9. The molecule has 216 valence electrons. The molecule has 3 aliphatic heterocycles. The molecule has 0 N–H and O–H groups in total. The number of allylic oxidation sites excluding steroid dienone is 1. The standard InChI is InChI=1S/C29H37N3O7S/c1-7-38-27(34)19-9-8-12-31(15-19)24(33)13-20-16-40-29-30-18(4)25(28(35)39-17(2)3)26(32(20)29)22-11-10-21(36-5)14-23(22)37-6/h10-11,14,16-17,19,26H,7-9,12-13,15H2,1-6H3. The van der Waals surface area contributed by atoms with Gasteiger partial charge in [0.1, 0.15) is 11.5 Å². The number of amides is 1. The molecule has 0 saturated carbocycles. The van der Waals surface area contributed by atoms with E-state index in [4.69, 9.17) is 23.9 Å². The smallest absolute Gasteiger partial charge is 0.338 e. The minimum Gasteiger partial charge on any atom is -0.497 e. The van der Waals surface area contributed by atoms with Gasteiger partial charge in [0.05, 0.1) is 56.6 Å². The van der Waals surface area contributed by atoms with E-state index in [1.54, 1.807) is 52.9 Å². The van der Waals surface area contributed by atoms with E-state index in [-0.39, 0.29) is 30.3 Å². The summed E-state index contributed by atoms with van der Waals surface area (Å²) in [7, 11) is 3.14. The van der Waals surface area contributed by atoms with Gasteiger partial charge in [-0.15, -0.1) is 0 Å². The van der Waals surface area contributed by atoms with Gasteiger partial charge in [0.15, 0.2) is 5.17 Å². The molecule has 10 nitrogen and oxygen atoms in total. The van der Waals surface area contributed by atoms with Crippen LogP contribution >= 0.6 is 11.8 Å². The fraction of sp³-hybridized carbons (Fsp3) is 0.517. The molecule has 0 bridgehead atoms. The number of methoxy groups -OCH3 is 2. The first kappa shape index (κ1) is 29.5. The van der Waals surface area contributed by atoms with Gasteiger partial charge in [0.2, 0.25) is 5.91 Å². The summed E-state index contributed by atoms with van der Waals surface area (Å²) < 4.78 is 22.0. The van der Waals surface area contributed by atoms with Crippen molar-refractivity contribution in [3.05, 3.63) is 46.1 Å². The Hall–Kier alpha value is -3.47.